The van der Waals surface area contributed by atoms with Crippen LogP contribution in [0, 0.1) is 0 Å². The van der Waals surface area contributed by atoms with Gasteiger partial charge in [0.2, 0.25) is 0 Å². The van der Waals surface area contributed by atoms with Crippen molar-refractivity contribution in [2.24, 2.45) is 0 Å². The molecule has 0 atom stereocenters. The van der Waals surface area contributed by atoms with Crippen LogP contribution in [-0.4, -0.2) is 18.4 Å². The fourth-order valence-corrected chi connectivity index (χ4v) is 4.28. The number of aromatic nitrogens is 2. The highest BCUT2D eigenvalue weighted by atomic mass is 35.5. The molecule has 0 fully saturated rings. The SMILES string of the molecule is O=c1[nH]c2ccc(NS(=O)(=O)c3ccc(Cl)s3)cc2[nH]1. The van der Waals surface area contributed by atoms with Gasteiger partial charge >= 0.3 is 5.69 Å². The average Bonchev–Trinajstić information content (AvgIpc) is 2.93. The van der Waals surface area contributed by atoms with Gasteiger partial charge in [0.15, 0.2) is 0 Å². The molecule has 2 heterocycles. The maximum atomic E-state index is 12.1. The molecule has 3 rings (SSSR count). The third-order valence-corrected chi connectivity index (χ3v) is 5.69. The number of benzene rings is 1. The number of halogens is 1. The van der Waals surface area contributed by atoms with Gasteiger partial charge in [-0.15, -0.1) is 11.3 Å². The van der Waals surface area contributed by atoms with Crippen LogP contribution >= 0.6 is 22.9 Å². The van der Waals surface area contributed by atoms with E-state index in [1.807, 2.05) is 0 Å². The van der Waals surface area contributed by atoms with Crippen molar-refractivity contribution in [1.29, 1.82) is 0 Å². The molecule has 0 radical (unpaired) electrons. The maximum Gasteiger partial charge on any atom is 0.323 e. The highest BCUT2D eigenvalue weighted by molar-refractivity contribution is 7.94. The molecule has 3 N–H and O–H groups in total. The minimum atomic E-state index is -3.67. The fourth-order valence-electron chi connectivity index (χ4n) is 1.74. The normalized spacial score (nSPS) is 11.8. The number of fused-ring (bicyclic) bond motifs is 1. The topological polar surface area (TPSA) is 94.8 Å². The first-order valence-electron chi connectivity index (χ1n) is 5.44. The van der Waals surface area contributed by atoms with E-state index in [1.165, 1.54) is 12.1 Å². The second kappa shape index (κ2) is 4.65. The average molecular weight is 330 g/mol. The monoisotopic (exact) mass is 329 g/mol. The van der Waals surface area contributed by atoms with Crippen LogP contribution in [0.3, 0.4) is 0 Å². The molecule has 0 aliphatic heterocycles. The predicted octanol–water partition coefficient (Wildman–Crippen LogP) is 2.37. The molecule has 0 bridgehead atoms. The van der Waals surface area contributed by atoms with E-state index in [1.54, 1.807) is 18.2 Å². The number of nitrogens with one attached hydrogen (secondary N) is 3. The summed E-state index contributed by atoms with van der Waals surface area (Å²) in [6.45, 7) is 0. The van der Waals surface area contributed by atoms with Crippen molar-refractivity contribution in [3.05, 3.63) is 45.2 Å². The number of sulfonamides is 1. The van der Waals surface area contributed by atoms with E-state index in [0.717, 1.165) is 11.3 Å². The van der Waals surface area contributed by atoms with Crippen LogP contribution in [0.15, 0.2) is 39.3 Å². The Kier molecular flexibility index (Phi) is 3.08. The maximum absolute atomic E-state index is 12.1. The second-order valence-electron chi connectivity index (χ2n) is 4.00. The van der Waals surface area contributed by atoms with Crippen LogP contribution in [-0.2, 0) is 10.0 Å². The Morgan fingerprint density at radius 2 is 1.85 bits per heavy atom. The first-order chi connectivity index (χ1) is 9.44. The fraction of sp³-hybridized carbons (Fsp3) is 0. The molecule has 0 aliphatic carbocycles. The molecule has 104 valence electrons. The lowest BCUT2D eigenvalue weighted by molar-refractivity contribution is 0.603. The first-order valence-corrected chi connectivity index (χ1v) is 8.12. The summed E-state index contributed by atoms with van der Waals surface area (Å²) in [5.74, 6) is 0. The molecule has 1 aromatic carbocycles. The van der Waals surface area contributed by atoms with Crippen LogP contribution in [0.2, 0.25) is 4.34 Å². The number of rotatable bonds is 3. The molecule has 20 heavy (non-hydrogen) atoms. The molecule has 0 spiro atoms. The van der Waals surface area contributed by atoms with Crippen molar-refractivity contribution in [3.63, 3.8) is 0 Å². The summed E-state index contributed by atoms with van der Waals surface area (Å²) >= 11 is 6.71. The molecule has 6 nitrogen and oxygen atoms in total. The molecular formula is C11H8ClN3O3S2. The summed E-state index contributed by atoms with van der Waals surface area (Å²) in [7, 11) is -3.67. The zero-order valence-electron chi connectivity index (χ0n) is 9.81. The summed E-state index contributed by atoms with van der Waals surface area (Å²) in [6.07, 6.45) is 0. The van der Waals surface area contributed by atoms with Gasteiger partial charge in [-0.1, -0.05) is 11.6 Å². The Morgan fingerprint density at radius 1 is 1.10 bits per heavy atom. The van der Waals surface area contributed by atoms with Crippen molar-refractivity contribution in [2.45, 2.75) is 4.21 Å². The lowest BCUT2D eigenvalue weighted by Crippen LogP contribution is -2.11. The van der Waals surface area contributed by atoms with Crippen molar-refractivity contribution >= 4 is 49.7 Å². The second-order valence-corrected chi connectivity index (χ2v) is 7.63. The van der Waals surface area contributed by atoms with E-state index in [-0.39, 0.29) is 9.90 Å². The summed E-state index contributed by atoms with van der Waals surface area (Å²) in [5.41, 5.74) is 1.15. The Bertz CT molecular complexity index is 939. The van der Waals surface area contributed by atoms with Gasteiger partial charge < -0.3 is 9.97 Å². The van der Waals surface area contributed by atoms with Crippen molar-refractivity contribution in [3.8, 4) is 0 Å². The Labute approximate surface area is 122 Å². The van der Waals surface area contributed by atoms with E-state index < -0.39 is 10.0 Å². The third kappa shape index (κ3) is 2.45. The largest absolute Gasteiger partial charge is 0.323 e. The zero-order valence-corrected chi connectivity index (χ0v) is 12.2. The molecule has 9 heteroatoms. The van der Waals surface area contributed by atoms with Crippen LogP contribution in [0.1, 0.15) is 0 Å². The summed E-state index contributed by atoms with van der Waals surface area (Å²) in [5, 5.41) is 0. The summed E-state index contributed by atoms with van der Waals surface area (Å²) in [4.78, 5) is 16.3. The number of hydrogen-bond acceptors (Lipinski definition) is 4. The highest BCUT2D eigenvalue weighted by Gasteiger charge is 2.17. The molecule has 0 saturated carbocycles. The quantitative estimate of drug-likeness (QED) is 0.688. The smallest absolute Gasteiger partial charge is 0.306 e. The van der Waals surface area contributed by atoms with Gasteiger partial charge in [0.05, 0.1) is 21.1 Å². The van der Waals surface area contributed by atoms with Crippen LogP contribution in [0.25, 0.3) is 11.0 Å². The van der Waals surface area contributed by atoms with Crippen LogP contribution in [0.5, 0.6) is 0 Å². The molecule has 0 amide bonds. The molecule has 3 aromatic rings. The van der Waals surface area contributed by atoms with Crippen LogP contribution < -0.4 is 10.4 Å². The lowest BCUT2D eigenvalue weighted by atomic mass is 10.3. The number of hydrogen-bond donors (Lipinski definition) is 3. The van der Waals surface area contributed by atoms with Gasteiger partial charge in [-0.25, -0.2) is 13.2 Å². The van der Waals surface area contributed by atoms with E-state index in [9.17, 15) is 13.2 Å². The Morgan fingerprint density at radius 3 is 2.55 bits per heavy atom. The van der Waals surface area contributed by atoms with E-state index in [4.69, 9.17) is 11.6 Å². The van der Waals surface area contributed by atoms with E-state index >= 15 is 0 Å². The van der Waals surface area contributed by atoms with Crippen molar-refractivity contribution in [1.82, 2.24) is 9.97 Å². The Hall–Kier alpha value is -1.77. The van der Waals surface area contributed by atoms with Crippen molar-refractivity contribution < 1.29 is 8.42 Å². The predicted molar refractivity (Wildman–Crippen MR) is 79.1 cm³/mol. The molecule has 0 unspecified atom stereocenters. The standard InChI is InChI=1S/C11H8ClN3O3S2/c12-9-3-4-10(19-9)20(17,18)15-6-1-2-7-8(5-6)14-11(16)13-7/h1-5,15H,(H2,13,14,16). The zero-order chi connectivity index (χ0) is 14.3. The molecular weight excluding hydrogens is 322 g/mol. The van der Waals surface area contributed by atoms with Gasteiger partial charge in [0, 0.05) is 0 Å². The minimum Gasteiger partial charge on any atom is -0.306 e. The first kappa shape index (κ1) is 13.2. The number of imidazole rings is 1. The lowest BCUT2D eigenvalue weighted by Gasteiger charge is -2.05. The summed E-state index contributed by atoms with van der Waals surface area (Å²) < 4.78 is 27.2. The van der Waals surface area contributed by atoms with Gasteiger partial charge in [0.1, 0.15) is 4.21 Å². The summed E-state index contributed by atoms with van der Waals surface area (Å²) in [6, 6.07) is 7.69. The number of H-pyrrole nitrogens is 2. The molecule has 2 aromatic heterocycles. The minimum absolute atomic E-state index is 0.130. The van der Waals surface area contributed by atoms with Crippen LogP contribution in [0.4, 0.5) is 5.69 Å². The number of thiophene rings is 1. The van der Waals surface area contributed by atoms with E-state index in [2.05, 4.69) is 14.7 Å². The van der Waals surface area contributed by atoms with Gasteiger partial charge in [-0.3, -0.25) is 4.72 Å². The third-order valence-electron chi connectivity index (χ3n) is 2.58. The van der Waals surface area contributed by atoms with Crippen molar-refractivity contribution in [2.75, 3.05) is 4.72 Å². The van der Waals surface area contributed by atoms with Gasteiger partial charge in [-0.05, 0) is 30.3 Å². The molecule has 0 aliphatic rings. The number of anilines is 1. The molecule has 0 saturated heterocycles. The number of aromatic amines is 2. The van der Waals surface area contributed by atoms with Gasteiger partial charge in [0.25, 0.3) is 10.0 Å². The Balaban J connectivity index is 1.98. The highest BCUT2D eigenvalue weighted by Crippen LogP contribution is 2.27. The van der Waals surface area contributed by atoms with Gasteiger partial charge in [-0.2, -0.15) is 0 Å². The van der Waals surface area contributed by atoms with E-state index in [0.29, 0.717) is 21.1 Å².